The lowest BCUT2D eigenvalue weighted by Crippen LogP contribution is -2.44. The van der Waals surface area contributed by atoms with Crippen molar-refractivity contribution in [2.24, 2.45) is 7.05 Å². The molecule has 5 N–H and O–H groups in total. The number of alkyl carbamates (subject to hydrolysis) is 2. The van der Waals surface area contributed by atoms with Crippen LogP contribution in [0.1, 0.15) is 39.2 Å². The van der Waals surface area contributed by atoms with Gasteiger partial charge in [-0.25, -0.2) is 9.59 Å². The first-order chi connectivity index (χ1) is 15.5. The minimum atomic E-state index is -0.923. The largest absolute Gasteiger partial charge is 0.445 e. The highest BCUT2D eigenvalue weighted by Gasteiger charge is 2.23. The maximum absolute atomic E-state index is 12.8. The molecule has 0 unspecified atom stereocenters. The van der Waals surface area contributed by atoms with Gasteiger partial charge in [0.05, 0.1) is 6.20 Å². The van der Waals surface area contributed by atoms with Crippen molar-refractivity contribution in [1.29, 1.82) is 0 Å². The van der Waals surface area contributed by atoms with Gasteiger partial charge in [0.1, 0.15) is 29.8 Å². The number of amides is 3. The summed E-state index contributed by atoms with van der Waals surface area (Å²) in [5.74, 6) is -0.205. The number of anilines is 2. The first kappa shape index (κ1) is 25.5. The van der Waals surface area contributed by atoms with Crippen LogP contribution in [-0.4, -0.2) is 46.1 Å². The van der Waals surface area contributed by atoms with E-state index in [0.29, 0.717) is 12.1 Å². The molecule has 1 heterocycles. The fourth-order valence-electron chi connectivity index (χ4n) is 2.75. The Morgan fingerprint density at radius 1 is 1.15 bits per heavy atom. The van der Waals surface area contributed by atoms with Crippen molar-refractivity contribution in [2.75, 3.05) is 17.6 Å². The minimum absolute atomic E-state index is 0.0662. The van der Waals surface area contributed by atoms with Crippen LogP contribution in [0.5, 0.6) is 0 Å². The van der Waals surface area contributed by atoms with Crippen LogP contribution < -0.4 is 21.7 Å². The highest BCUT2D eigenvalue weighted by atomic mass is 16.6. The molecule has 1 aromatic carbocycles. The number of rotatable bonds is 9. The van der Waals surface area contributed by atoms with Gasteiger partial charge in [0, 0.05) is 13.6 Å². The summed E-state index contributed by atoms with van der Waals surface area (Å²) in [6.45, 7) is 5.62. The van der Waals surface area contributed by atoms with Crippen molar-refractivity contribution >= 4 is 29.6 Å². The second kappa shape index (κ2) is 11.7. The molecule has 0 saturated carbocycles. The molecule has 1 aromatic heterocycles. The van der Waals surface area contributed by atoms with Crippen LogP contribution in [0, 0.1) is 0 Å². The van der Waals surface area contributed by atoms with Gasteiger partial charge < -0.3 is 31.2 Å². The molecule has 11 heteroatoms. The molecule has 0 bridgehead atoms. The molecule has 0 spiro atoms. The number of nitrogens with zero attached hydrogens (tertiary/aromatic N) is 2. The Hall–Kier alpha value is -3.76. The fraction of sp³-hybridized carbons (Fsp3) is 0.455. The Balaban J connectivity index is 1.93. The number of aryl methyl sites for hydroxylation is 1. The number of carbonyl (C=O) groups is 3. The summed E-state index contributed by atoms with van der Waals surface area (Å²) in [4.78, 5) is 36.9. The number of ether oxygens (including phenoxy) is 2. The van der Waals surface area contributed by atoms with Gasteiger partial charge in [-0.2, -0.15) is 5.10 Å². The van der Waals surface area contributed by atoms with Gasteiger partial charge in [-0.05, 0) is 39.2 Å². The molecule has 0 saturated heterocycles. The quantitative estimate of drug-likeness (QED) is 0.420. The first-order valence-electron chi connectivity index (χ1n) is 10.6. The molecule has 33 heavy (non-hydrogen) atoms. The topological polar surface area (TPSA) is 150 Å². The Morgan fingerprint density at radius 3 is 2.45 bits per heavy atom. The van der Waals surface area contributed by atoms with Crippen LogP contribution in [-0.2, 0) is 27.9 Å². The van der Waals surface area contributed by atoms with E-state index in [4.69, 9.17) is 15.2 Å². The molecule has 1 atom stereocenters. The summed E-state index contributed by atoms with van der Waals surface area (Å²) in [6.07, 6.45) is 0.767. The molecule has 0 fully saturated rings. The maximum atomic E-state index is 12.8. The summed E-state index contributed by atoms with van der Waals surface area (Å²) in [5.41, 5.74) is 6.42. The fourth-order valence-corrected chi connectivity index (χ4v) is 2.75. The van der Waals surface area contributed by atoms with Crippen LogP contribution in [0.15, 0.2) is 36.5 Å². The molecule has 0 radical (unpaired) electrons. The number of nitrogens with two attached hydrogens (primary N) is 1. The van der Waals surface area contributed by atoms with E-state index in [1.54, 1.807) is 27.8 Å². The zero-order valence-corrected chi connectivity index (χ0v) is 19.4. The molecular weight excluding hydrogens is 428 g/mol. The van der Waals surface area contributed by atoms with Gasteiger partial charge in [0.2, 0.25) is 5.91 Å². The lowest BCUT2D eigenvalue weighted by atomic mass is 10.1. The third-order valence-corrected chi connectivity index (χ3v) is 4.40. The number of benzene rings is 1. The molecule has 2 rings (SSSR count). The van der Waals surface area contributed by atoms with Gasteiger partial charge in [-0.3, -0.25) is 9.48 Å². The van der Waals surface area contributed by atoms with Gasteiger partial charge >= 0.3 is 12.2 Å². The standard InChI is InChI=1S/C22H32N6O5/c1-22(2,3)33-20(30)24-12-8-11-16(19(29)26-17-13-25-28(4)18(17)23)27-21(31)32-14-15-9-6-5-7-10-15/h5-7,9-10,13,16H,8,11-12,14,23H2,1-4H3,(H,24,30)(H,26,29)(H,27,31)/t16-/m0/s1. The Bertz CT molecular complexity index is 938. The van der Waals surface area contributed by atoms with Gasteiger partial charge in [0.15, 0.2) is 0 Å². The van der Waals surface area contributed by atoms with E-state index in [0.717, 1.165) is 5.56 Å². The van der Waals surface area contributed by atoms with Crippen LogP contribution in [0.25, 0.3) is 0 Å². The Morgan fingerprint density at radius 2 is 1.85 bits per heavy atom. The molecule has 11 nitrogen and oxygen atoms in total. The van der Waals surface area contributed by atoms with Crippen LogP contribution in [0.4, 0.5) is 21.1 Å². The highest BCUT2D eigenvalue weighted by Crippen LogP contribution is 2.16. The number of nitrogen functional groups attached to an aromatic ring is 1. The predicted molar refractivity (Wildman–Crippen MR) is 123 cm³/mol. The third-order valence-electron chi connectivity index (χ3n) is 4.40. The highest BCUT2D eigenvalue weighted by molar-refractivity contribution is 5.98. The van der Waals surface area contributed by atoms with Crippen LogP contribution in [0.2, 0.25) is 0 Å². The lowest BCUT2D eigenvalue weighted by molar-refractivity contribution is -0.118. The van der Waals surface area contributed by atoms with Crippen molar-refractivity contribution in [3.05, 3.63) is 42.1 Å². The van der Waals surface area contributed by atoms with Crippen molar-refractivity contribution < 1.29 is 23.9 Å². The molecule has 2 aromatic rings. The zero-order chi connectivity index (χ0) is 24.4. The van der Waals surface area contributed by atoms with Crippen molar-refractivity contribution in [1.82, 2.24) is 20.4 Å². The number of hydrogen-bond acceptors (Lipinski definition) is 7. The maximum Gasteiger partial charge on any atom is 0.408 e. The molecule has 0 aliphatic heterocycles. The van der Waals surface area contributed by atoms with Gasteiger partial charge in [0.25, 0.3) is 0 Å². The summed E-state index contributed by atoms with van der Waals surface area (Å²) in [6, 6.07) is 8.26. The van der Waals surface area contributed by atoms with E-state index in [1.807, 2.05) is 30.3 Å². The predicted octanol–water partition coefficient (Wildman–Crippen LogP) is 2.54. The van der Waals surface area contributed by atoms with Crippen molar-refractivity contribution in [3.63, 3.8) is 0 Å². The molecular formula is C22H32N6O5. The number of nitrogens with one attached hydrogen (secondary N) is 3. The van der Waals surface area contributed by atoms with E-state index in [2.05, 4.69) is 21.0 Å². The lowest BCUT2D eigenvalue weighted by Gasteiger charge is -2.20. The molecule has 180 valence electrons. The Kier molecular flexibility index (Phi) is 9.08. The van der Waals surface area contributed by atoms with Crippen molar-refractivity contribution in [3.8, 4) is 0 Å². The van der Waals surface area contributed by atoms with Crippen LogP contribution >= 0.6 is 0 Å². The molecule has 3 amide bonds. The average Bonchev–Trinajstić information content (AvgIpc) is 3.06. The second-order valence-corrected chi connectivity index (χ2v) is 8.39. The van der Waals surface area contributed by atoms with E-state index in [9.17, 15) is 14.4 Å². The van der Waals surface area contributed by atoms with E-state index in [-0.39, 0.29) is 25.4 Å². The molecule has 0 aliphatic rings. The van der Waals surface area contributed by atoms with Crippen LogP contribution in [0.3, 0.4) is 0 Å². The van der Waals surface area contributed by atoms with Crippen molar-refractivity contribution in [2.45, 2.75) is 51.9 Å². The smallest absolute Gasteiger partial charge is 0.408 e. The summed E-state index contributed by atoms with van der Waals surface area (Å²) >= 11 is 0. The van der Waals surface area contributed by atoms with Gasteiger partial charge in [-0.1, -0.05) is 30.3 Å². The van der Waals surface area contributed by atoms with Gasteiger partial charge in [-0.15, -0.1) is 0 Å². The molecule has 0 aliphatic carbocycles. The van der Waals surface area contributed by atoms with E-state index in [1.165, 1.54) is 10.9 Å². The summed E-state index contributed by atoms with van der Waals surface area (Å²) < 4.78 is 11.8. The third kappa shape index (κ3) is 9.09. The average molecular weight is 461 g/mol. The normalized spacial score (nSPS) is 11.9. The monoisotopic (exact) mass is 460 g/mol. The minimum Gasteiger partial charge on any atom is -0.445 e. The van der Waals surface area contributed by atoms with E-state index >= 15 is 0 Å². The number of hydrogen-bond donors (Lipinski definition) is 4. The Labute approximate surface area is 193 Å². The van der Waals surface area contributed by atoms with E-state index < -0.39 is 29.7 Å². The SMILES string of the molecule is Cn1ncc(NC(=O)[C@H](CCCNC(=O)OC(C)(C)C)NC(=O)OCc2ccccc2)c1N. The first-order valence-corrected chi connectivity index (χ1v) is 10.6. The summed E-state index contributed by atoms with van der Waals surface area (Å²) in [7, 11) is 1.64. The second-order valence-electron chi connectivity index (χ2n) is 8.39. The number of aromatic nitrogens is 2. The number of carbonyl (C=O) groups excluding carboxylic acids is 3. The zero-order valence-electron chi connectivity index (χ0n) is 19.4. The summed E-state index contributed by atoms with van der Waals surface area (Å²) in [5, 5.41) is 11.8.